The third kappa shape index (κ3) is 3.27. The van der Waals surface area contributed by atoms with E-state index in [0.717, 1.165) is 43.1 Å². The van der Waals surface area contributed by atoms with Crippen LogP contribution >= 0.6 is 11.6 Å². The molecule has 0 amide bonds. The molecule has 0 aliphatic heterocycles. The summed E-state index contributed by atoms with van der Waals surface area (Å²) in [6.45, 7) is 5.38. The summed E-state index contributed by atoms with van der Waals surface area (Å²) in [5.41, 5.74) is 3.77. The Hall–Kier alpha value is -1.26. The Kier molecular flexibility index (Phi) is 5.36. The standard InChI is InChI=1S/C19H25BClN2O/c1-13(2)19-22(12-14-6-8-16(21)9-7-14)18-15(10-11-24)4-3-5-17(18)23(19)20/h6-9,13,15,24H,3-5,10-12H2,1-2H3. The van der Waals surface area contributed by atoms with Crippen molar-refractivity contribution in [3.8, 4) is 0 Å². The molecule has 0 bridgehead atoms. The maximum Gasteiger partial charge on any atom is 0.205 e. The van der Waals surface area contributed by atoms with E-state index in [1.807, 2.05) is 16.6 Å². The number of benzene rings is 1. The Labute approximate surface area is 150 Å². The monoisotopic (exact) mass is 343 g/mol. The number of rotatable bonds is 5. The van der Waals surface area contributed by atoms with Crippen molar-refractivity contribution in [3.05, 3.63) is 52.1 Å². The molecule has 1 N–H and O–H groups in total. The van der Waals surface area contributed by atoms with Crippen LogP contribution in [0.5, 0.6) is 0 Å². The summed E-state index contributed by atoms with van der Waals surface area (Å²) in [5.74, 6) is 1.87. The highest BCUT2D eigenvalue weighted by atomic mass is 35.5. The van der Waals surface area contributed by atoms with Crippen LogP contribution in [0.25, 0.3) is 0 Å². The molecule has 24 heavy (non-hydrogen) atoms. The molecule has 1 atom stereocenters. The fourth-order valence-electron chi connectivity index (χ4n) is 3.99. The normalized spacial score (nSPS) is 17.3. The minimum absolute atomic E-state index is 0.220. The minimum atomic E-state index is 0.220. The highest BCUT2D eigenvalue weighted by Crippen LogP contribution is 2.35. The van der Waals surface area contributed by atoms with E-state index in [-0.39, 0.29) is 6.61 Å². The number of nitrogens with zero attached hydrogens (tertiary/aromatic N) is 2. The van der Waals surface area contributed by atoms with Crippen LogP contribution in [0.3, 0.4) is 0 Å². The maximum atomic E-state index is 9.48. The van der Waals surface area contributed by atoms with Gasteiger partial charge in [-0.15, -0.1) is 0 Å². The Balaban J connectivity index is 2.09. The number of aromatic nitrogens is 2. The number of fused-ring (bicyclic) bond motifs is 1. The third-order valence-corrected chi connectivity index (χ3v) is 5.25. The largest absolute Gasteiger partial charge is 0.530 e. The minimum Gasteiger partial charge on any atom is -0.530 e. The smallest absolute Gasteiger partial charge is 0.205 e. The number of halogens is 1. The summed E-state index contributed by atoms with van der Waals surface area (Å²) in [6.07, 6.45) is 4.07. The predicted molar refractivity (Wildman–Crippen MR) is 97.8 cm³/mol. The van der Waals surface area contributed by atoms with Gasteiger partial charge in [0.2, 0.25) is 5.82 Å². The van der Waals surface area contributed by atoms with Gasteiger partial charge in [-0.1, -0.05) is 37.6 Å². The average Bonchev–Trinajstić information content (AvgIpc) is 2.83. The van der Waals surface area contributed by atoms with E-state index in [4.69, 9.17) is 19.6 Å². The molecule has 2 aromatic rings. The van der Waals surface area contributed by atoms with Gasteiger partial charge in [0.25, 0.3) is 0 Å². The first-order valence-corrected chi connectivity index (χ1v) is 9.18. The van der Waals surface area contributed by atoms with E-state index in [1.165, 1.54) is 17.0 Å². The summed E-state index contributed by atoms with van der Waals surface area (Å²) in [4.78, 5) is 0. The summed E-state index contributed by atoms with van der Waals surface area (Å²) in [7, 11) is 6.47. The maximum absolute atomic E-state index is 9.48. The Morgan fingerprint density at radius 3 is 2.67 bits per heavy atom. The van der Waals surface area contributed by atoms with Crippen molar-refractivity contribution in [1.82, 2.24) is 4.57 Å². The molecule has 1 aliphatic rings. The van der Waals surface area contributed by atoms with Gasteiger partial charge in [-0.2, -0.15) is 0 Å². The second-order valence-corrected chi connectivity index (χ2v) is 7.47. The van der Waals surface area contributed by atoms with Gasteiger partial charge < -0.3 is 9.58 Å². The van der Waals surface area contributed by atoms with Gasteiger partial charge in [-0.25, -0.2) is 4.57 Å². The lowest BCUT2D eigenvalue weighted by atomic mass is 9.87. The van der Waals surface area contributed by atoms with Crippen LogP contribution in [0.1, 0.15) is 67.7 Å². The van der Waals surface area contributed by atoms with Gasteiger partial charge in [0, 0.05) is 24.0 Å². The van der Waals surface area contributed by atoms with Crippen molar-refractivity contribution in [1.29, 1.82) is 0 Å². The molecule has 0 fully saturated rings. The van der Waals surface area contributed by atoms with Gasteiger partial charge in [0.1, 0.15) is 12.2 Å². The van der Waals surface area contributed by atoms with E-state index in [9.17, 15) is 5.11 Å². The zero-order valence-corrected chi connectivity index (χ0v) is 15.3. The fraction of sp³-hybridized carbons (Fsp3) is 0.526. The Morgan fingerprint density at radius 1 is 1.33 bits per heavy atom. The summed E-state index contributed by atoms with van der Waals surface area (Å²) in [6, 6.07) is 8.01. The SMILES string of the molecule is [B-][n+]1c2c(n(Cc3ccc(Cl)cc3)c1C(C)C)C(CCO)CCC2. The molecule has 3 nitrogen and oxygen atoms in total. The van der Waals surface area contributed by atoms with Crippen LogP contribution in [-0.2, 0) is 13.0 Å². The molecule has 1 aliphatic carbocycles. The molecular formula is C19H25BClN2O. The number of hydrogen-bond donors (Lipinski definition) is 1. The van der Waals surface area contributed by atoms with Crippen molar-refractivity contribution in [2.45, 2.75) is 57.9 Å². The second-order valence-electron chi connectivity index (χ2n) is 7.03. The number of imidazole rings is 1. The number of hydrogen-bond acceptors (Lipinski definition) is 1. The highest BCUT2D eigenvalue weighted by molar-refractivity contribution is 6.30. The van der Waals surface area contributed by atoms with Crippen LogP contribution in [0.4, 0.5) is 0 Å². The van der Waals surface area contributed by atoms with Crippen molar-refractivity contribution in [3.63, 3.8) is 0 Å². The number of aliphatic hydroxyl groups excluding tert-OH is 1. The zero-order chi connectivity index (χ0) is 17.3. The van der Waals surface area contributed by atoms with E-state index in [1.54, 1.807) is 0 Å². The lowest BCUT2D eigenvalue weighted by molar-refractivity contribution is -0.542. The Morgan fingerprint density at radius 2 is 2.04 bits per heavy atom. The van der Waals surface area contributed by atoms with Crippen molar-refractivity contribution in [2.24, 2.45) is 0 Å². The van der Waals surface area contributed by atoms with Crippen molar-refractivity contribution in [2.75, 3.05) is 6.61 Å². The van der Waals surface area contributed by atoms with Crippen LogP contribution in [-0.4, -0.2) is 24.3 Å². The molecule has 127 valence electrons. The topological polar surface area (TPSA) is 29.0 Å². The molecule has 0 saturated carbocycles. The van der Waals surface area contributed by atoms with E-state index in [2.05, 4.69) is 30.5 Å². The van der Waals surface area contributed by atoms with Gasteiger partial charge in [-0.3, -0.25) is 7.98 Å². The van der Waals surface area contributed by atoms with Crippen LogP contribution in [0.2, 0.25) is 5.02 Å². The highest BCUT2D eigenvalue weighted by Gasteiger charge is 2.33. The fourth-order valence-corrected chi connectivity index (χ4v) is 4.12. The van der Waals surface area contributed by atoms with E-state index >= 15 is 0 Å². The summed E-state index contributed by atoms with van der Waals surface area (Å²) in [5, 5.41) is 10.2. The van der Waals surface area contributed by atoms with Gasteiger partial charge in [0.15, 0.2) is 0 Å². The van der Waals surface area contributed by atoms with E-state index < -0.39 is 0 Å². The third-order valence-electron chi connectivity index (χ3n) is 5.00. The summed E-state index contributed by atoms with van der Waals surface area (Å²) >= 11 is 6.02. The van der Waals surface area contributed by atoms with Gasteiger partial charge >= 0.3 is 0 Å². The van der Waals surface area contributed by atoms with Crippen molar-refractivity contribution >= 4 is 19.6 Å². The molecule has 0 saturated heterocycles. The lowest BCUT2D eigenvalue weighted by Gasteiger charge is -2.22. The first-order valence-electron chi connectivity index (χ1n) is 8.80. The molecule has 5 heteroatoms. The molecule has 1 unspecified atom stereocenters. The lowest BCUT2D eigenvalue weighted by Crippen LogP contribution is -2.40. The van der Waals surface area contributed by atoms with Crippen LogP contribution < -0.4 is 4.48 Å². The first kappa shape index (κ1) is 17.6. The van der Waals surface area contributed by atoms with Crippen LogP contribution in [0, 0.1) is 0 Å². The van der Waals surface area contributed by atoms with Crippen LogP contribution in [0.15, 0.2) is 24.3 Å². The first-order chi connectivity index (χ1) is 11.5. The molecule has 1 aromatic carbocycles. The van der Waals surface area contributed by atoms with E-state index in [0.29, 0.717) is 11.8 Å². The molecule has 1 heterocycles. The molecular weight excluding hydrogens is 318 g/mol. The quantitative estimate of drug-likeness (QED) is 0.829. The average molecular weight is 344 g/mol. The van der Waals surface area contributed by atoms with Gasteiger partial charge in [-0.05, 0) is 37.0 Å². The molecule has 3 rings (SSSR count). The summed E-state index contributed by atoms with van der Waals surface area (Å²) < 4.78 is 4.28. The molecule has 1 aromatic heterocycles. The molecule has 0 spiro atoms. The van der Waals surface area contributed by atoms with Gasteiger partial charge in [0.05, 0.1) is 11.6 Å². The second kappa shape index (κ2) is 7.32. The van der Waals surface area contributed by atoms with Crippen molar-refractivity contribution < 1.29 is 9.58 Å². The zero-order valence-electron chi connectivity index (χ0n) is 14.5. The number of aliphatic hydroxyl groups is 1. The Bertz CT molecular complexity index is 709. The predicted octanol–water partition coefficient (Wildman–Crippen LogP) is 3.33. The molecule has 3 radical (unpaired) electrons.